The van der Waals surface area contributed by atoms with E-state index in [2.05, 4.69) is 20.8 Å². The molecule has 6 nitrogen and oxygen atoms in total. The summed E-state index contributed by atoms with van der Waals surface area (Å²) in [6, 6.07) is 6.22. The topological polar surface area (TPSA) is 93.1 Å². The molecule has 0 radical (unpaired) electrons. The zero-order valence-electron chi connectivity index (χ0n) is 18.7. The van der Waals surface area contributed by atoms with E-state index in [0.29, 0.717) is 12.0 Å². The minimum absolute atomic E-state index is 0.0282. The summed E-state index contributed by atoms with van der Waals surface area (Å²) in [5, 5.41) is 19.3. The number of phenolic OH excluding ortho intramolecular Hbond substituents is 1. The molecule has 0 aliphatic rings. The largest absolute Gasteiger partial charge is 0.508 e. The van der Waals surface area contributed by atoms with E-state index in [1.54, 1.807) is 12.1 Å². The first-order chi connectivity index (χ1) is 13.1. The van der Waals surface area contributed by atoms with Crippen molar-refractivity contribution in [2.75, 3.05) is 13.2 Å². The van der Waals surface area contributed by atoms with E-state index in [1.807, 2.05) is 27.7 Å². The van der Waals surface area contributed by atoms with Crippen LogP contribution in [0.2, 0.25) is 0 Å². The summed E-state index contributed by atoms with van der Waals surface area (Å²) in [5.41, 5.74) is -0.417. The van der Waals surface area contributed by atoms with Gasteiger partial charge in [0.1, 0.15) is 25.1 Å². The van der Waals surface area contributed by atoms with Crippen molar-refractivity contribution in [3.8, 4) is 5.75 Å². The molecule has 0 aromatic heterocycles. The summed E-state index contributed by atoms with van der Waals surface area (Å²) in [6.45, 7) is 13.6. The predicted octanol–water partition coefficient (Wildman–Crippen LogP) is 3.87. The van der Waals surface area contributed by atoms with Crippen LogP contribution in [0.15, 0.2) is 24.3 Å². The molecule has 164 valence electrons. The highest BCUT2D eigenvalue weighted by atomic mass is 16.6. The van der Waals surface area contributed by atoms with Gasteiger partial charge in [-0.15, -0.1) is 0 Å². The van der Waals surface area contributed by atoms with E-state index in [0.717, 1.165) is 0 Å². The Labute approximate surface area is 174 Å². The molecule has 29 heavy (non-hydrogen) atoms. The molecule has 1 rings (SSSR count). The Morgan fingerprint density at radius 3 is 1.93 bits per heavy atom. The van der Waals surface area contributed by atoms with Gasteiger partial charge in [-0.05, 0) is 41.9 Å². The van der Waals surface area contributed by atoms with Gasteiger partial charge in [0.2, 0.25) is 0 Å². The fraction of sp³-hybridized carbons (Fsp3) is 0.652. The first kappa shape index (κ1) is 25.0. The van der Waals surface area contributed by atoms with Crippen LogP contribution in [0.4, 0.5) is 0 Å². The van der Waals surface area contributed by atoms with Crippen molar-refractivity contribution in [1.29, 1.82) is 0 Å². The maximum atomic E-state index is 12.8. The number of rotatable bonds is 8. The monoisotopic (exact) mass is 408 g/mol. The van der Waals surface area contributed by atoms with Gasteiger partial charge in [0.05, 0.1) is 11.8 Å². The van der Waals surface area contributed by atoms with Gasteiger partial charge >= 0.3 is 11.9 Å². The molecular formula is C23H36O6. The number of benzene rings is 1. The van der Waals surface area contributed by atoms with Crippen molar-refractivity contribution in [1.82, 2.24) is 0 Å². The summed E-state index contributed by atoms with van der Waals surface area (Å²) < 4.78 is 10.5. The van der Waals surface area contributed by atoms with E-state index < -0.39 is 17.5 Å². The molecule has 1 aromatic carbocycles. The number of hydrogen-bond acceptors (Lipinski definition) is 6. The Morgan fingerprint density at radius 2 is 1.45 bits per heavy atom. The Kier molecular flexibility index (Phi) is 8.27. The maximum Gasteiger partial charge on any atom is 0.312 e. The molecule has 0 aliphatic carbocycles. The van der Waals surface area contributed by atoms with Crippen LogP contribution < -0.4 is 0 Å². The number of hydrogen-bond donors (Lipinski definition) is 2. The van der Waals surface area contributed by atoms with Crippen LogP contribution in [0.3, 0.4) is 0 Å². The van der Waals surface area contributed by atoms with Crippen LogP contribution in [-0.2, 0) is 25.5 Å². The van der Waals surface area contributed by atoms with E-state index in [1.165, 1.54) is 12.1 Å². The summed E-state index contributed by atoms with van der Waals surface area (Å²) >= 11 is 0. The smallest absolute Gasteiger partial charge is 0.312 e. The third kappa shape index (κ3) is 8.05. The highest BCUT2D eigenvalue weighted by Gasteiger charge is 2.47. The summed E-state index contributed by atoms with van der Waals surface area (Å²) in [5.74, 6) is -0.754. The number of aromatic hydroxyl groups is 1. The third-order valence-electron chi connectivity index (χ3n) is 5.12. The van der Waals surface area contributed by atoms with E-state index in [4.69, 9.17) is 9.47 Å². The lowest BCUT2D eigenvalue weighted by Crippen LogP contribution is -2.45. The van der Waals surface area contributed by atoms with Gasteiger partial charge in [0.25, 0.3) is 0 Å². The highest BCUT2D eigenvalue weighted by molar-refractivity contribution is 5.77. The van der Waals surface area contributed by atoms with Crippen molar-refractivity contribution in [2.45, 2.75) is 67.4 Å². The van der Waals surface area contributed by atoms with Crippen molar-refractivity contribution in [3.63, 3.8) is 0 Å². The molecule has 2 unspecified atom stereocenters. The third-order valence-corrected chi connectivity index (χ3v) is 5.12. The fourth-order valence-electron chi connectivity index (χ4n) is 3.10. The SMILES string of the molecule is CC(C)(C)CC(C)(C(=O)OCC(O)COC(=O)Cc1ccc(O)cc1)C(C)(C)C. The number of phenols is 1. The van der Waals surface area contributed by atoms with Crippen LogP contribution in [-0.4, -0.2) is 41.5 Å². The predicted molar refractivity (Wildman–Crippen MR) is 111 cm³/mol. The zero-order chi connectivity index (χ0) is 22.5. The molecule has 0 heterocycles. The number of ether oxygens (including phenoxy) is 2. The van der Waals surface area contributed by atoms with Crippen molar-refractivity contribution < 1.29 is 29.3 Å². The van der Waals surface area contributed by atoms with Crippen LogP contribution >= 0.6 is 0 Å². The average molecular weight is 409 g/mol. The Hall–Kier alpha value is -2.08. The number of carbonyl (C=O) groups excluding carboxylic acids is 2. The normalized spacial score (nSPS) is 15.3. The molecule has 2 atom stereocenters. The molecule has 2 N–H and O–H groups in total. The van der Waals surface area contributed by atoms with Gasteiger partial charge in [0.15, 0.2) is 0 Å². The first-order valence-corrected chi connectivity index (χ1v) is 9.93. The van der Waals surface area contributed by atoms with Crippen molar-refractivity contribution in [3.05, 3.63) is 29.8 Å². The van der Waals surface area contributed by atoms with Crippen LogP contribution in [0.1, 0.15) is 60.5 Å². The highest BCUT2D eigenvalue weighted by Crippen LogP contribution is 2.47. The molecule has 0 amide bonds. The standard InChI is InChI=1S/C23H36O6/c1-21(2,3)15-23(7,22(4,5)6)20(27)29-14-18(25)13-28-19(26)12-16-8-10-17(24)11-9-16/h8-11,18,24-25H,12-15H2,1-7H3. The van der Waals surface area contributed by atoms with E-state index >= 15 is 0 Å². The van der Waals surface area contributed by atoms with Crippen LogP contribution in [0, 0.1) is 16.2 Å². The molecule has 1 aromatic rings. The lowest BCUT2D eigenvalue weighted by Gasteiger charge is -2.43. The molecule has 0 fully saturated rings. The fourth-order valence-corrected chi connectivity index (χ4v) is 3.10. The first-order valence-electron chi connectivity index (χ1n) is 9.93. The van der Waals surface area contributed by atoms with E-state index in [-0.39, 0.29) is 42.2 Å². The Bertz CT molecular complexity index is 681. The Morgan fingerprint density at radius 1 is 0.931 bits per heavy atom. The number of esters is 2. The second-order valence-corrected chi connectivity index (χ2v) is 10.1. The van der Waals surface area contributed by atoms with Gasteiger partial charge < -0.3 is 19.7 Å². The minimum Gasteiger partial charge on any atom is -0.508 e. The maximum absolute atomic E-state index is 12.8. The quantitative estimate of drug-likeness (QED) is 0.634. The van der Waals surface area contributed by atoms with Gasteiger partial charge in [0, 0.05) is 0 Å². The molecule has 0 bridgehead atoms. The van der Waals surface area contributed by atoms with Crippen molar-refractivity contribution in [2.24, 2.45) is 16.2 Å². The van der Waals surface area contributed by atoms with Crippen LogP contribution in [0.25, 0.3) is 0 Å². The van der Waals surface area contributed by atoms with Gasteiger partial charge in [-0.25, -0.2) is 0 Å². The second kappa shape index (κ2) is 9.61. The number of carbonyl (C=O) groups is 2. The molecule has 6 heteroatoms. The lowest BCUT2D eigenvalue weighted by molar-refractivity contribution is -0.169. The van der Waals surface area contributed by atoms with Crippen LogP contribution in [0.5, 0.6) is 5.75 Å². The summed E-state index contributed by atoms with van der Waals surface area (Å²) in [7, 11) is 0. The van der Waals surface area contributed by atoms with Gasteiger partial charge in [-0.1, -0.05) is 53.7 Å². The van der Waals surface area contributed by atoms with Crippen molar-refractivity contribution >= 4 is 11.9 Å². The lowest BCUT2D eigenvalue weighted by atomic mass is 9.61. The average Bonchev–Trinajstić information content (AvgIpc) is 2.57. The second-order valence-electron chi connectivity index (χ2n) is 10.1. The molecule has 0 spiro atoms. The molecule has 0 saturated heterocycles. The minimum atomic E-state index is -1.10. The molecular weight excluding hydrogens is 372 g/mol. The number of aliphatic hydroxyl groups excluding tert-OH is 1. The zero-order valence-corrected chi connectivity index (χ0v) is 18.7. The molecule has 0 saturated carbocycles. The van der Waals surface area contributed by atoms with E-state index in [9.17, 15) is 19.8 Å². The summed E-state index contributed by atoms with van der Waals surface area (Å²) in [6.07, 6.45) is -0.429. The van der Waals surface area contributed by atoms with Gasteiger partial charge in [-0.2, -0.15) is 0 Å². The van der Waals surface area contributed by atoms with Gasteiger partial charge in [-0.3, -0.25) is 9.59 Å². The Balaban J connectivity index is 2.54. The summed E-state index contributed by atoms with van der Waals surface area (Å²) in [4.78, 5) is 24.7. The molecule has 0 aliphatic heterocycles. The number of aliphatic hydroxyl groups is 1.